The minimum Gasteiger partial charge on any atom is -0.465 e. The Kier molecular flexibility index (Phi) is 4.08. The molecule has 1 aliphatic heterocycles. The molecule has 0 saturated carbocycles. The summed E-state index contributed by atoms with van der Waals surface area (Å²) in [6.07, 6.45) is 1.82. The first-order chi connectivity index (χ1) is 11.5. The quantitative estimate of drug-likeness (QED) is 0.697. The van der Waals surface area contributed by atoms with Gasteiger partial charge in [0.05, 0.1) is 12.7 Å². The molecule has 2 aromatic rings. The highest BCUT2D eigenvalue weighted by atomic mass is 16.5. The first-order valence-corrected chi connectivity index (χ1v) is 7.53. The highest BCUT2D eigenvalue weighted by Crippen LogP contribution is 2.34. The van der Waals surface area contributed by atoms with Crippen LogP contribution in [0.4, 0.5) is 11.4 Å². The lowest BCUT2D eigenvalue weighted by atomic mass is 10.0. The Morgan fingerprint density at radius 1 is 1.12 bits per heavy atom. The van der Waals surface area contributed by atoms with E-state index < -0.39 is 5.97 Å². The van der Waals surface area contributed by atoms with Crippen LogP contribution in [0.15, 0.2) is 42.5 Å². The molecule has 122 valence electrons. The van der Waals surface area contributed by atoms with Crippen molar-refractivity contribution in [1.82, 2.24) is 0 Å². The third kappa shape index (κ3) is 2.88. The molecule has 1 N–H and O–H groups in total. The molecule has 5 heteroatoms. The number of nitrogens with one attached hydrogen (secondary N) is 1. The van der Waals surface area contributed by atoms with E-state index >= 15 is 0 Å². The van der Waals surface area contributed by atoms with Crippen LogP contribution < -0.4 is 10.2 Å². The first kappa shape index (κ1) is 15.8. The molecule has 0 fully saturated rings. The molecule has 0 aliphatic carbocycles. The van der Waals surface area contributed by atoms with E-state index in [1.165, 1.54) is 7.11 Å². The Morgan fingerprint density at radius 3 is 2.46 bits per heavy atom. The van der Waals surface area contributed by atoms with Crippen molar-refractivity contribution < 1.29 is 14.3 Å². The second kappa shape index (κ2) is 6.20. The van der Waals surface area contributed by atoms with Gasteiger partial charge in [-0.25, -0.2) is 4.79 Å². The minimum absolute atomic E-state index is 0.177. The number of carbonyl (C=O) groups is 2. The van der Waals surface area contributed by atoms with E-state index in [2.05, 4.69) is 5.32 Å². The van der Waals surface area contributed by atoms with E-state index in [9.17, 15) is 9.59 Å². The molecule has 0 saturated heterocycles. The van der Waals surface area contributed by atoms with Gasteiger partial charge in [0, 0.05) is 36.6 Å². The first-order valence-electron chi connectivity index (χ1n) is 7.53. The highest BCUT2D eigenvalue weighted by molar-refractivity contribution is 6.35. The monoisotopic (exact) mass is 322 g/mol. The summed E-state index contributed by atoms with van der Waals surface area (Å²) < 4.78 is 4.74. The Morgan fingerprint density at radius 2 is 1.83 bits per heavy atom. The van der Waals surface area contributed by atoms with Gasteiger partial charge in [-0.2, -0.15) is 0 Å². The van der Waals surface area contributed by atoms with Gasteiger partial charge in [-0.1, -0.05) is 12.1 Å². The van der Waals surface area contributed by atoms with Crippen LogP contribution in [0.25, 0.3) is 11.6 Å². The van der Waals surface area contributed by atoms with Crippen molar-refractivity contribution >= 4 is 34.9 Å². The molecule has 5 nitrogen and oxygen atoms in total. The molecule has 0 spiro atoms. The molecule has 0 aromatic heterocycles. The van der Waals surface area contributed by atoms with Crippen LogP contribution in [-0.2, 0) is 9.53 Å². The Labute approximate surface area is 140 Å². The van der Waals surface area contributed by atoms with Crippen molar-refractivity contribution in [3.63, 3.8) is 0 Å². The van der Waals surface area contributed by atoms with E-state index in [1.54, 1.807) is 18.2 Å². The number of nitrogens with zero attached hydrogens (tertiary/aromatic N) is 1. The van der Waals surface area contributed by atoms with Gasteiger partial charge in [-0.05, 0) is 42.0 Å². The molecule has 0 bridgehead atoms. The molecule has 0 atom stereocenters. The number of fused-ring (bicyclic) bond motifs is 1. The smallest absolute Gasteiger partial charge is 0.337 e. The highest BCUT2D eigenvalue weighted by Gasteiger charge is 2.25. The summed E-state index contributed by atoms with van der Waals surface area (Å²) in [5.41, 5.74) is 4.36. The van der Waals surface area contributed by atoms with Gasteiger partial charge in [-0.3, -0.25) is 4.79 Å². The number of methoxy groups -OCH3 is 1. The Hall–Kier alpha value is -3.08. The van der Waals surface area contributed by atoms with Crippen LogP contribution in [0.3, 0.4) is 0 Å². The maximum absolute atomic E-state index is 12.3. The normalized spacial score (nSPS) is 14.3. The summed E-state index contributed by atoms with van der Waals surface area (Å²) >= 11 is 0. The SMILES string of the molecule is COC(=O)c1ccc2c(c1)C(=Cc1ccc(N(C)C)cc1)C(=O)N2. The van der Waals surface area contributed by atoms with E-state index in [0.29, 0.717) is 22.4 Å². The fourth-order valence-corrected chi connectivity index (χ4v) is 2.61. The second-order valence-electron chi connectivity index (χ2n) is 5.75. The van der Waals surface area contributed by atoms with Crippen molar-refractivity contribution in [3.05, 3.63) is 59.2 Å². The van der Waals surface area contributed by atoms with E-state index in [1.807, 2.05) is 49.3 Å². The van der Waals surface area contributed by atoms with E-state index in [-0.39, 0.29) is 5.91 Å². The standard InChI is InChI=1S/C19H18N2O3/c1-21(2)14-7-4-12(5-8-14)10-16-15-11-13(19(23)24-3)6-9-17(15)20-18(16)22/h4-11H,1-3H3,(H,20,22). The van der Waals surface area contributed by atoms with Crippen LogP contribution in [0.1, 0.15) is 21.5 Å². The maximum atomic E-state index is 12.3. The topological polar surface area (TPSA) is 58.6 Å². The van der Waals surface area contributed by atoms with Crippen LogP contribution in [0.5, 0.6) is 0 Å². The fourth-order valence-electron chi connectivity index (χ4n) is 2.61. The number of esters is 1. The predicted molar refractivity (Wildman–Crippen MR) is 95.1 cm³/mol. The number of rotatable bonds is 3. The molecule has 3 rings (SSSR count). The summed E-state index contributed by atoms with van der Waals surface area (Å²) in [5, 5.41) is 2.81. The van der Waals surface area contributed by atoms with Gasteiger partial charge >= 0.3 is 5.97 Å². The van der Waals surface area contributed by atoms with Gasteiger partial charge in [0.1, 0.15) is 0 Å². The minimum atomic E-state index is -0.424. The molecule has 0 radical (unpaired) electrons. The summed E-state index contributed by atoms with van der Waals surface area (Å²) in [5.74, 6) is -0.601. The third-order valence-corrected chi connectivity index (χ3v) is 3.94. The number of hydrogen-bond acceptors (Lipinski definition) is 4. The number of hydrogen-bond donors (Lipinski definition) is 1. The second-order valence-corrected chi connectivity index (χ2v) is 5.75. The number of carbonyl (C=O) groups excluding carboxylic acids is 2. The Balaban J connectivity index is 2.00. The van der Waals surface area contributed by atoms with Crippen molar-refractivity contribution in [1.29, 1.82) is 0 Å². The summed E-state index contributed by atoms with van der Waals surface area (Å²) in [4.78, 5) is 26.0. The van der Waals surface area contributed by atoms with Crippen LogP contribution >= 0.6 is 0 Å². The van der Waals surface area contributed by atoms with Gasteiger partial charge in [0.15, 0.2) is 0 Å². The zero-order chi connectivity index (χ0) is 17.3. The average Bonchev–Trinajstić information content (AvgIpc) is 2.89. The van der Waals surface area contributed by atoms with Crippen molar-refractivity contribution in [2.45, 2.75) is 0 Å². The van der Waals surface area contributed by atoms with Crippen LogP contribution in [0, 0.1) is 0 Å². The molecule has 1 amide bonds. The lowest BCUT2D eigenvalue weighted by molar-refractivity contribution is -0.110. The van der Waals surface area contributed by atoms with Crippen molar-refractivity contribution in [3.8, 4) is 0 Å². The summed E-state index contributed by atoms with van der Waals surface area (Å²) in [6.45, 7) is 0. The lowest BCUT2D eigenvalue weighted by Gasteiger charge is -2.12. The summed E-state index contributed by atoms with van der Waals surface area (Å²) in [6, 6.07) is 12.9. The molecule has 1 aliphatic rings. The molecular weight excluding hydrogens is 304 g/mol. The Bertz CT molecular complexity index is 836. The number of ether oxygens (including phenoxy) is 1. The molecule has 0 unspecified atom stereocenters. The number of amides is 1. The average molecular weight is 322 g/mol. The molecule has 24 heavy (non-hydrogen) atoms. The molecular formula is C19H18N2O3. The van der Waals surface area contributed by atoms with Gasteiger partial charge in [0.25, 0.3) is 5.91 Å². The van der Waals surface area contributed by atoms with Crippen LogP contribution in [0.2, 0.25) is 0 Å². The van der Waals surface area contributed by atoms with Crippen molar-refractivity contribution in [2.24, 2.45) is 0 Å². The maximum Gasteiger partial charge on any atom is 0.337 e. The molecule has 1 heterocycles. The zero-order valence-corrected chi connectivity index (χ0v) is 13.8. The lowest BCUT2D eigenvalue weighted by Crippen LogP contribution is -2.08. The number of benzene rings is 2. The van der Waals surface area contributed by atoms with Gasteiger partial charge in [0.2, 0.25) is 0 Å². The largest absolute Gasteiger partial charge is 0.465 e. The van der Waals surface area contributed by atoms with Crippen LogP contribution in [-0.4, -0.2) is 33.1 Å². The third-order valence-electron chi connectivity index (χ3n) is 3.94. The number of anilines is 2. The molecule has 2 aromatic carbocycles. The van der Waals surface area contributed by atoms with E-state index in [0.717, 1.165) is 11.3 Å². The van der Waals surface area contributed by atoms with Gasteiger partial charge in [-0.15, -0.1) is 0 Å². The summed E-state index contributed by atoms with van der Waals surface area (Å²) in [7, 11) is 5.28. The van der Waals surface area contributed by atoms with Crippen molar-refractivity contribution in [2.75, 3.05) is 31.4 Å². The van der Waals surface area contributed by atoms with E-state index in [4.69, 9.17) is 4.74 Å². The predicted octanol–water partition coefficient (Wildman–Crippen LogP) is 3.03. The van der Waals surface area contributed by atoms with Gasteiger partial charge < -0.3 is 15.0 Å². The fraction of sp³-hybridized carbons (Fsp3) is 0.158. The zero-order valence-electron chi connectivity index (χ0n) is 13.8.